The fourth-order valence-electron chi connectivity index (χ4n) is 1.43. The van der Waals surface area contributed by atoms with Crippen molar-refractivity contribution in [1.29, 1.82) is 0 Å². The molecule has 1 heterocycles. The fraction of sp³-hybridized carbons (Fsp3) is 0.250. The highest BCUT2D eigenvalue weighted by Crippen LogP contribution is 2.08. The molecule has 1 amide bonds. The molecule has 6 nitrogen and oxygen atoms in total. The van der Waals surface area contributed by atoms with E-state index in [1.165, 1.54) is 6.20 Å². The molecule has 0 bridgehead atoms. The third-order valence-electron chi connectivity index (χ3n) is 2.39. The van der Waals surface area contributed by atoms with Crippen LogP contribution < -0.4 is 5.32 Å². The number of carbonyl (C=O) groups excluding carboxylic acids is 1. The summed E-state index contributed by atoms with van der Waals surface area (Å²) in [4.78, 5) is 20.0. The monoisotopic (exact) mass is 247 g/mol. The Labute approximate surface area is 103 Å². The summed E-state index contributed by atoms with van der Waals surface area (Å²) < 4.78 is 0. The molecule has 1 atom stereocenters. The normalized spacial score (nSPS) is 12.3. The minimum absolute atomic E-state index is 0.0240. The number of hydrogen-bond acceptors (Lipinski definition) is 5. The lowest BCUT2D eigenvalue weighted by Crippen LogP contribution is -2.34. The lowest BCUT2D eigenvalue weighted by atomic mass is 10.3. The molecule has 0 fully saturated rings. The number of rotatable bonds is 4. The maximum Gasteiger partial charge on any atom is 0.271 e. The smallest absolute Gasteiger partial charge is 0.271 e. The molecular weight excluding hydrogens is 234 g/mol. The summed E-state index contributed by atoms with van der Waals surface area (Å²) in [5.41, 5.74) is 1.52. The van der Waals surface area contributed by atoms with E-state index in [1.807, 2.05) is 12.1 Å². The number of aromatic nitrogens is 2. The van der Waals surface area contributed by atoms with Gasteiger partial charge in [0.25, 0.3) is 5.91 Å². The van der Waals surface area contributed by atoms with Crippen LogP contribution in [0.2, 0.25) is 0 Å². The fourth-order valence-corrected chi connectivity index (χ4v) is 1.43. The Morgan fingerprint density at radius 3 is 2.78 bits per heavy atom. The van der Waals surface area contributed by atoms with E-state index in [2.05, 4.69) is 15.3 Å². The molecule has 0 aliphatic rings. The molecule has 0 saturated carbocycles. The number of nitrogens with one attached hydrogen (secondary N) is 1. The number of fused-ring (bicyclic) bond motifs is 1. The zero-order valence-electron chi connectivity index (χ0n) is 9.58. The maximum absolute atomic E-state index is 11.7. The third kappa shape index (κ3) is 2.79. The Bertz CT molecular complexity index is 559. The molecular formula is C12H13N3O3. The minimum atomic E-state index is -0.970. The van der Waals surface area contributed by atoms with Gasteiger partial charge in [-0.2, -0.15) is 0 Å². The predicted molar refractivity (Wildman–Crippen MR) is 65.0 cm³/mol. The van der Waals surface area contributed by atoms with E-state index in [9.17, 15) is 4.79 Å². The van der Waals surface area contributed by atoms with Crippen LogP contribution in [0.1, 0.15) is 10.5 Å². The first-order chi connectivity index (χ1) is 8.70. The van der Waals surface area contributed by atoms with Crippen molar-refractivity contribution < 1.29 is 15.0 Å². The summed E-state index contributed by atoms with van der Waals surface area (Å²) in [6.45, 7) is -0.423. The Morgan fingerprint density at radius 1 is 1.33 bits per heavy atom. The average molecular weight is 247 g/mol. The summed E-state index contributed by atoms with van der Waals surface area (Å²) in [7, 11) is 0. The van der Waals surface area contributed by atoms with E-state index in [4.69, 9.17) is 10.2 Å². The van der Waals surface area contributed by atoms with Crippen molar-refractivity contribution in [1.82, 2.24) is 15.3 Å². The molecule has 6 heteroatoms. The molecule has 1 aromatic heterocycles. The zero-order valence-corrected chi connectivity index (χ0v) is 9.58. The van der Waals surface area contributed by atoms with Crippen LogP contribution in [-0.2, 0) is 0 Å². The van der Waals surface area contributed by atoms with Gasteiger partial charge in [-0.25, -0.2) is 4.98 Å². The van der Waals surface area contributed by atoms with Crippen LogP contribution in [0.5, 0.6) is 0 Å². The van der Waals surface area contributed by atoms with Crippen LogP contribution in [0.25, 0.3) is 11.0 Å². The van der Waals surface area contributed by atoms with E-state index < -0.39 is 18.6 Å². The average Bonchev–Trinajstić information content (AvgIpc) is 2.43. The number of hydrogen-bond donors (Lipinski definition) is 3. The molecule has 94 valence electrons. The highest BCUT2D eigenvalue weighted by atomic mass is 16.3. The number of para-hydroxylation sites is 2. The number of nitrogens with zero attached hydrogens (tertiary/aromatic N) is 2. The van der Waals surface area contributed by atoms with Gasteiger partial charge in [0.1, 0.15) is 5.69 Å². The summed E-state index contributed by atoms with van der Waals surface area (Å²) in [5.74, 6) is -0.430. The van der Waals surface area contributed by atoms with E-state index in [0.29, 0.717) is 11.0 Å². The Balaban J connectivity index is 2.13. The van der Waals surface area contributed by atoms with Gasteiger partial charge in [-0.3, -0.25) is 9.78 Å². The van der Waals surface area contributed by atoms with Crippen LogP contribution in [0, 0.1) is 0 Å². The first-order valence-electron chi connectivity index (χ1n) is 5.49. The number of amides is 1. The topological polar surface area (TPSA) is 95.3 Å². The maximum atomic E-state index is 11.7. The zero-order chi connectivity index (χ0) is 13.0. The van der Waals surface area contributed by atoms with Crippen molar-refractivity contribution >= 4 is 16.9 Å². The van der Waals surface area contributed by atoms with Crippen LogP contribution in [0.3, 0.4) is 0 Å². The SMILES string of the molecule is O=C(NCC(O)CO)c1cnc2ccccc2n1. The van der Waals surface area contributed by atoms with Crippen LogP contribution in [0.15, 0.2) is 30.5 Å². The van der Waals surface area contributed by atoms with Crippen LogP contribution >= 0.6 is 0 Å². The molecule has 0 spiro atoms. The van der Waals surface area contributed by atoms with Gasteiger partial charge in [0.2, 0.25) is 0 Å². The quantitative estimate of drug-likeness (QED) is 0.690. The second kappa shape index (κ2) is 5.52. The van der Waals surface area contributed by atoms with E-state index in [-0.39, 0.29) is 12.2 Å². The van der Waals surface area contributed by atoms with Gasteiger partial charge in [0.15, 0.2) is 0 Å². The van der Waals surface area contributed by atoms with E-state index in [0.717, 1.165) is 0 Å². The van der Waals surface area contributed by atoms with Gasteiger partial charge < -0.3 is 15.5 Å². The van der Waals surface area contributed by atoms with Crippen molar-refractivity contribution in [3.8, 4) is 0 Å². The third-order valence-corrected chi connectivity index (χ3v) is 2.39. The van der Waals surface area contributed by atoms with Crippen molar-refractivity contribution in [2.75, 3.05) is 13.2 Å². The lowest BCUT2D eigenvalue weighted by molar-refractivity contribution is 0.0799. The second-order valence-corrected chi connectivity index (χ2v) is 3.79. The lowest BCUT2D eigenvalue weighted by Gasteiger charge is -2.08. The molecule has 3 N–H and O–H groups in total. The number of aliphatic hydroxyl groups excluding tert-OH is 2. The molecule has 2 aromatic rings. The second-order valence-electron chi connectivity index (χ2n) is 3.79. The van der Waals surface area contributed by atoms with Crippen LogP contribution in [0.4, 0.5) is 0 Å². The molecule has 18 heavy (non-hydrogen) atoms. The summed E-state index contributed by atoms with van der Waals surface area (Å²) in [5, 5.41) is 20.2. The Kier molecular flexibility index (Phi) is 3.81. The molecule has 0 aliphatic carbocycles. The van der Waals surface area contributed by atoms with Gasteiger partial charge >= 0.3 is 0 Å². The number of benzene rings is 1. The number of aliphatic hydroxyl groups is 2. The van der Waals surface area contributed by atoms with Gasteiger partial charge in [-0.1, -0.05) is 12.1 Å². The molecule has 0 saturated heterocycles. The van der Waals surface area contributed by atoms with Crippen molar-refractivity contribution in [2.45, 2.75) is 6.10 Å². The predicted octanol–water partition coefficient (Wildman–Crippen LogP) is -0.287. The summed E-state index contributed by atoms with van der Waals surface area (Å²) in [6, 6.07) is 7.23. The number of carbonyl (C=O) groups is 1. The largest absolute Gasteiger partial charge is 0.394 e. The van der Waals surface area contributed by atoms with Crippen molar-refractivity contribution in [3.63, 3.8) is 0 Å². The minimum Gasteiger partial charge on any atom is -0.394 e. The molecule has 0 aliphatic heterocycles. The van der Waals surface area contributed by atoms with E-state index in [1.54, 1.807) is 12.1 Å². The molecule has 0 radical (unpaired) electrons. The Hall–Kier alpha value is -2.05. The Morgan fingerprint density at radius 2 is 2.06 bits per heavy atom. The standard InChI is InChI=1S/C12H13N3O3/c16-7-8(17)5-14-12(18)11-6-13-9-3-1-2-4-10(9)15-11/h1-4,6,8,16-17H,5,7H2,(H,14,18). The molecule has 1 aromatic carbocycles. The van der Waals surface area contributed by atoms with E-state index >= 15 is 0 Å². The molecule has 2 rings (SSSR count). The first-order valence-corrected chi connectivity index (χ1v) is 5.49. The molecule has 1 unspecified atom stereocenters. The highest BCUT2D eigenvalue weighted by molar-refractivity contribution is 5.93. The summed E-state index contributed by atoms with van der Waals surface area (Å²) >= 11 is 0. The van der Waals surface area contributed by atoms with Crippen molar-refractivity contribution in [3.05, 3.63) is 36.2 Å². The van der Waals surface area contributed by atoms with Gasteiger partial charge in [-0.15, -0.1) is 0 Å². The van der Waals surface area contributed by atoms with Gasteiger partial charge in [0, 0.05) is 6.54 Å². The summed E-state index contributed by atoms with van der Waals surface area (Å²) in [6.07, 6.45) is 0.408. The highest BCUT2D eigenvalue weighted by Gasteiger charge is 2.10. The van der Waals surface area contributed by atoms with Crippen molar-refractivity contribution in [2.24, 2.45) is 0 Å². The first kappa shape index (κ1) is 12.4. The van der Waals surface area contributed by atoms with Gasteiger partial charge in [-0.05, 0) is 12.1 Å². The van der Waals surface area contributed by atoms with Gasteiger partial charge in [0.05, 0.1) is 29.9 Å². The van der Waals surface area contributed by atoms with Crippen LogP contribution in [-0.4, -0.2) is 45.3 Å².